The number of piperidine rings is 1. The number of nitrogens with one attached hydrogen (secondary N) is 2. The summed E-state index contributed by atoms with van der Waals surface area (Å²) in [5, 5.41) is 14.5. The third-order valence-corrected chi connectivity index (χ3v) is 2.25. The second-order valence-electron chi connectivity index (χ2n) is 3.24. The van der Waals surface area contributed by atoms with Crippen molar-refractivity contribution < 1.29 is 4.79 Å². The van der Waals surface area contributed by atoms with Gasteiger partial charge in [-0.1, -0.05) is 6.92 Å². The van der Waals surface area contributed by atoms with Gasteiger partial charge in [0, 0.05) is 6.54 Å². The molecule has 1 aliphatic heterocycles. The van der Waals surface area contributed by atoms with Crippen LogP contribution in [-0.4, -0.2) is 24.5 Å². The molecule has 0 spiro atoms. The molecule has 0 bridgehead atoms. The van der Waals surface area contributed by atoms with Crippen LogP contribution in [0.25, 0.3) is 0 Å². The van der Waals surface area contributed by atoms with E-state index < -0.39 is 0 Å². The lowest BCUT2D eigenvalue weighted by Gasteiger charge is -2.24. The molecule has 0 aliphatic carbocycles. The number of rotatable bonds is 3. The van der Waals surface area contributed by atoms with Crippen LogP contribution < -0.4 is 10.6 Å². The Bertz CT molecular complexity index is 221. The smallest absolute Gasteiger partial charge is 0.237 e. The Balaban J connectivity index is 2.42. The van der Waals surface area contributed by atoms with Gasteiger partial charge < -0.3 is 5.32 Å². The fourth-order valence-corrected chi connectivity index (χ4v) is 1.42. The summed E-state index contributed by atoms with van der Waals surface area (Å²) in [5.74, 6) is 0.0277. The molecule has 1 aliphatic rings. The summed E-state index contributed by atoms with van der Waals surface area (Å²) in [6.07, 6.45) is 2.57. The normalized spacial score (nSPS) is 24.6. The van der Waals surface area contributed by atoms with E-state index in [-0.39, 0.29) is 18.0 Å². The number of carbonyl (C=O) groups is 1. The highest BCUT2D eigenvalue weighted by molar-refractivity contribution is 5.82. The molecule has 2 unspecified atom stereocenters. The third kappa shape index (κ3) is 2.71. The molecule has 0 saturated carbocycles. The Kier molecular flexibility index (Phi) is 3.71. The van der Waals surface area contributed by atoms with E-state index in [1.165, 1.54) is 0 Å². The molecule has 0 aromatic heterocycles. The highest BCUT2D eigenvalue weighted by Crippen LogP contribution is 2.04. The number of carbonyl (C=O) groups excluding carboxylic acids is 1. The number of amides is 1. The summed E-state index contributed by atoms with van der Waals surface area (Å²) in [5.41, 5.74) is 0. The Labute approximate surface area is 78.3 Å². The van der Waals surface area contributed by atoms with Gasteiger partial charge in [-0.25, -0.2) is 0 Å². The first kappa shape index (κ1) is 10.0. The third-order valence-electron chi connectivity index (χ3n) is 2.25. The van der Waals surface area contributed by atoms with Gasteiger partial charge in [0.05, 0.1) is 18.2 Å². The lowest BCUT2D eigenvalue weighted by atomic mass is 10.1. The molecule has 13 heavy (non-hydrogen) atoms. The first-order valence-electron chi connectivity index (χ1n) is 4.71. The predicted octanol–water partition coefficient (Wildman–Crippen LogP) is 0.157. The number of nitrogens with zero attached hydrogens (tertiary/aromatic N) is 1. The average molecular weight is 181 g/mol. The quantitative estimate of drug-likeness (QED) is 0.651. The van der Waals surface area contributed by atoms with Crippen LogP contribution in [0.3, 0.4) is 0 Å². The van der Waals surface area contributed by atoms with Gasteiger partial charge in [-0.15, -0.1) is 0 Å². The molecule has 2 N–H and O–H groups in total. The molecule has 1 rings (SSSR count). The molecule has 1 fully saturated rings. The summed E-state index contributed by atoms with van der Waals surface area (Å²) in [4.78, 5) is 11.3. The monoisotopic (exact) mass is 181 g/mol. The highest BCUT2D eigenvalue weighted by atomic mass is 16.2. The number of hydrogen-bond donors (Lipinski definition) is 2. The molecule has 2 atom stereocenters. The number of nitriles is 1. The van der Waals surface area contributed by atoms with E-state index in [0.29, 0.717) is 0 Å². The maximum Gasteiger partial charge on any atom is 0.237 e. The molecule has 1 heterocycles. The Morgan fingerprint density at radius 3 is 3.15 bits per heavy atom. The Hall–Kier alpha value is -1.08. The maximum atomic E-state index is 11.3. The first-order chi connectivity index (χ1) is 6.27. The summed E-state index contributed by atoms with van der Waals surface area (Å²) >= 11 is 0. The van der Waals surface area contributed by atoms with Crippen molar-refractivity contribution in [3.63, 3.8) is 0 Å². The van der Waals surface area contributed by atoms with Crippen molar-refractivity contribution in [3.05, 3.63) is 0 Å². The van der Waals surface area contributed by atoms with Crippen LogP contribution in [0.1, 0.15) is 26.2 Å². The van der Waals surface area contributed by atoms with Gasteiger partial charge in [0.2, 0.25) is 5.91 Å². The molecule has 4 heteroatoms. The van der Waals surface area contributed by atoms with E-state index in [1.54, 1.807) is 0 Å². The minimum absolute atomic E-state index is 0.0277. The zero-order valence-corrected chi connectivity index (χ0v) is 7.84. The minimum atomic E-state index is -0.200. The molecule has 0 radical (unpaired) electrons. The van der Waals surface area contributed by atoms with Crippen molar-refractivity contribution in [3.8, 4) is 6.07 Å². The average Bonchev–Trinajstić information content (AvgIpc) is 2.17. The van der Waals surface area contributed by atoms with Crippen LogP contribution >= 0.6 is 0 Å². The van der Waals surface area contributed by atoms with Gasteiger partial charge in [-0.05, 0) is 19.3 Å². The summed E-state index contributed by atoms with van der Waals surface area (Å²) in [7, 11) is 0. The van der Waals surface area contributed by atoms with Crippen LogP contribution in [0, 0.1) is 11.3 Å². The topological polar surface area (TPSA) is 64.9 Å². The Morgan fingerprint density at radius 2 is 2.62 bits per heavy atom. The van der Waals surface area contributed by atoms with Crippen molar-refractivity contribution >= 4 is 5.91 Å². The minimum Gasteiger partial charge on any atom is -0.355 e. The van der Waals surface area contributed by atoms with Gasteiger partial charge in [0.25, 0.3) is 0 Å². The maximum absolute atomic E-state index is 11.3. The van der Waals surface area contributed by atoms with Crippen LogP contribution in [0.5, 0.6) is 0 Å². The van der Waals surface area contributed by atoms with E-state index in [9.17, 15) is 4.79 Å². The van der Waals surface area contributed by atoms with Gasteiger partial charge in [0.1, 0.15) is 0 Å². The lowest BCUT2D eigenvalue weighted by Crippen LogP contribution is -2.51. The largest absolute Gasteiger partial charge is 0.355 e. The second-order valence-corrected chi connectivity index (χ2v) is 3.24. The van der Waals surface area contributed by atoms with Crippen LogP contribution in [0.4, 0.5) is 0 Å². The summed E-state index contributed by atoms with van der Waals surface area (Å²) in [6, 6.07) is 1.76. The molecule has 4 nitrogen and oxygen atoms in total. The fourth-order valence-electron chi connectivity index (χ4n) is 1.42. The molecule has 0 aromatic carbocycles. The lowest BCUT2D eigenvalue weighted by molar-refractivity contribution is -0.124. The fraction of sp³-hybridized carbons (Fsp3) is 0.778. The van der Waals surface area contributed by atoms with Crippen LogP contribution in [0.2, 0.25) is 0 Å². The van der Waals surface area contributed by atoms with Crippen molar-refractivity contribution in [2.45, 2.75) is 38.3 Å². The van der Waals surface area contributed by atoms with E-state index in [1.807, 2.05) is 6.92 Å². The van der Waals surface area contributed by atoms with E-state index in [2.05, 4.69) is 16.7 Å². The predicted molar refractivity (Wildman–Crippen MR) is 48.9 cm³/mol. The van der Waals surface area contributed by atoms with Crippen LogP contribution in [-0.2, 0) is 4.79 Å². The highest BCUT2D eigenvalue weighted by Gasteiger charge is 2.23. The Morgan fingerprint density at radius 1 is 1.85 bits per heavy atom. The van der Waals surface area contributed by atoms with Crippen molar-refractivity contribution in [2.75, 3.05) is 6.54 Å². The number of hydrogen-bond acceptors (Lipinski definition) is 3. The zero-order chi connectivity index (χ0) is 9.68. The van der Waals surface area contributed by atoms with E-state index >= 15 is 0 Å². The first-order valence-corrected chi connectivity index (χ1v) is 4.71. The SMILES string of the molecule is CCC(C#N)NC1CCCNC1=O. The van der Waals surface area contributed by atoms with E-state index in [0.717, 1.165) is 25.8 Å². The van der Waals surface area contributed by atoms with Gasteiger partial charge in [-0.3, -0.25) is 10.1 Å². The molecule has 1 saturated heterocycles. The van der Waals surface area contributed by atoms with Crippen molar-refractivity contribution in [1.29, 1.82) is 5.26 Å². The molecule has 1 amide bonds. The molecule has 0 aromatic rings. The summed E-state index contributed by atoms with van der Waals surface area (Å²) in [6.45, 7) is 2.70. The molecular formula is C9H15N3O. The van der Waals surface area contributed by atoms with E-state index in [4.69, 9.17) is 5.26 Å². The van der Waals surface area contributed by atoms with Crippen molar-refractivity contribution in [1.82, 2.24) is 10.6 Å². The second kappa shape index (κ2) is 4.83. The van der Waals surface area contributed by atoms with Crippen molar-refractivity contribution in [2.24, 2.45) is 0 Å². The zero-order valence-electron chi connectivity index (χ0n) is 7.84. The van der Waals surface area contributed by atoms with Gasteiger partial charge in [0.15, 0.2) is 0 Å². The summed E-state index contributed by atoms with van der Waals surface area (Å²) < 4.78 is 0. The molecule has 72 valence electrons. The standard InChI is InChI=1S/C9H15N3O/c1-2-7(6-10)12-8-4-3-5-11-9(8)13/h7-8,12H,2-5H2,1H3,(H,11,13). The molecular weight excluding hydrogens is 166 g/mol. The van der Waals surface area contributed by atoms with Gasteiger partial charge >= 0.3 is 0 Å². The van der Waals surface area contributed by atoms with Crippen LogP contribution in [0.15, 0.2) is 0 Å². The van der Waals surface area contributed by atoms with Gasteiger partial charge in [-0.2, -0.15) is 5.26 Å².